The first-order chi connectivity index (χ1) is 11.0. The lowest BCUT2D eigenvalue weighted by atomic mass is 10.2. The van der Waals surface area contributed by atoms with E-state index in [0.717, 1.165) is 0 Å². The number of hydrogen-bond donors (Lipinski definition) is 1. The Labute approximate surface area is 139 Å². The van der Waals surface area contributed by atoms with E-state index < -0.39 is 18.0 Å². The molecule has 120 valence electrons. The summed E-state index contributed by atoms with van der Waals surface area (Å²) in [6.07, 6.45) is -0.989. The summed E-state index contributed by atoms with van der Waals surface area (Å²) in [7, 11) is 0. The van der Waals surface area contributed by atoms with Gasteiger partial charge in [-0.05, 0) is 47.1 Å². The summed E-state index contributed by atoms with van der Waals surface area (Å²) in [5.41, 5.74) is 0.517. The first kappa shape index (κ1) is 15.4. The fourth-order valence-electron chi connectivity index (χ4n) is 1.91. The number of carbonyl (C=O) groups is 2. The number of carbonyl (C=O) groups excluding carboxylic acids is 2. The van der Waals surface area contributed by atoms with Crippen molar-refractivity contribution in [1.82, 2.24) is 0 Å². The number of esters is 1. The highest BCUT2D eigenvalue weighted by Gasteiger charge is 2.22. The lowest BCUT2D eigenvalue weighted by Crippen LogP contribution is -2.29. The van der Waals surface area contributed by atoms with Gasteiger partial charge < -0.3 is 23.9 Å². The molecule has 0 unspecified atom stereocenters. The molecule has 23 heavy (non-hydrogen) atoms. The van der Waals surface area contributed by atoms with Crippen molar-refractivity contribution in [3.05, 3.63) is 40.8 Å². The average Bonchev–Trinajstić information content (AvgIpc) is 3.15. The van der Waals surface area contributed by atoms with Crippen molar-refractivity contribution < 1.29 is 28.2 Å². The van der Waals surface area contributed by atoms with Gasteiger partial charge in [0.15, 0.2) is 22.3 Å². The van der Waals surface area contributed by atoms with E-state index >= 15 is 0 Å². The van der Waals surface area contributed by atoms with Crippen LogP contribution in [0, 0.1) is 0 Å². The van der Waals surface area contributed by atoms with Gasteiger partial charge in [0.25, 0.3) is 5.91 Å². The summed E-state index contributed by atoms with van der Waals surface area (Å²) in [5.74, 6) is -0.00904. The van der Waals surface area contributed by atoms with E-state index in [1.54, 1.807) is 24.3 Å². The molecule has 1 aliphatic rings. The van der Waals surface area contributed by atoms with Gasteiger partial charge in [-0.2, -0.15) is 0 Å². The predicted octanol–water partition coefficient (Wildman–Crippen LogP) is 2.95. The van der Waals surface area contributed by atoms with E-state index in [0.29, 0.717) is 21.9 Å². The van der Waals surface area contributed by atoms with E-state index in [1.165, 1.54) is 13.0 Å². The molecule has 0 aliphatic carbocycles. The quantitative estimate of drug-likeness (QED) is 0.819. The molecule has 1 aromatic carbocycles. The van der Waals surface area contributed by atoms with Crippen molar-refractivity contribution in [2.75, 3.05) is 12.1 Å². The number of furan rings is 1. The highest BCUT2D eigenvalue weighted by Crippen LogP contribution is 2.34. The topological polar surface area (TPSA) is 87.0 Å². The van der Waals surface area contributed by atoms with Crippen LogP contribution >= 0.6 is 15.9 Å². The molecule has 0 spiro atoms. The molecule has 8 heteroatoms. The molecule has 3 rings (SSSR count). The predicted molar refractivity (Wildman–Crippen MR) is 82.5 cm³/mol. The number of amides is 1. The van der Waals surface area contributed by atoms with Crippen molar-refractivity contribution >= 4 is 33.5 Å². The van der Waals surface area contributed by atoms with Gasteiger partial charge in [-0.1, -0.05) is 0 Å². The molecule has 0 radical (unpaired) electrons. The minimum atomic E-state index is -0.989. The molecule has 1 amide bonds. The Hall–Kier alpha value is -2.48. The third kappa shape index (κ3) is 3.48. The Morgan fingerprint density at radius 1 is 1.22 bits per heavy atom. The van der Waals surface area contributed by atoms with Crippen LogP contribution in [0.1, 0.15) is 17.5 Å². The lowest BCUT2D eigenvalue weighted by molar-refractivity contribution is -0.123. The minimum Gasteiger partial charge on any atom is -0.454 e. The molecule has 0 saturated carbocycles. The number of rotatable bonds is 4. The summed E-state index contributed by atoms with van der Waals surface area (Å²) in [6, 6.07) is 8.01. The largest absolute Gasteiger partial charge is 0.454 e. The second-order valence-corrected chi connectivity index (χ2v) is 5.49. The zero-order chi connectivity index (χ0) is 16.4. The highest BCUT2D eigenvalue weighted by molar-refractivity contribution is 9.10. The second-order valence-electron chi connectivity index (χ2n) is 4.71. The van der Waals surface area contributed by atoms with Crippen molar-refractivity contribution in [1.29, 1.82) is 0 Å². The van der Waals surface area contributed by atoms with Crippen LogP contribution in [0.25, 0.3) is 0 Å². The smallest absolute Gasteiger partial charge is 0.375 e. The number of anilines is 1. The second kappa shape index (κ2) is 6.33. The standard InChI is InChI=1S/C15H12BrNO6/c1-8(22-15(19)11-4-5-13(16)23-11)14(18)17-9-2-3-10-12(6-9)21-7-20-10/h2-6,8H,7H2,1H3,(H,17,18)/t8-/m0/s1. The number of ether oxygens (including phenoxy) is 3. The van der Waals surface area contributed by atoms with Crippen LogP contribution in [0.2, 0.25) is 0 Å². The number of benzene rings is 1. The highest BCUT2D eigenvalue weighted by atomic mass is 79.9. The molecule has 1 aromatic heterocycles. The van der Waals surface area contributed by atoms with Crippen LogP contribution in [-0.4, -0.2) is 24.8 Å². The van der Waals surface area contributed by atoms with E-state index in [-0.39, 0.29) is 12.6 Å². The third-order valence-corrected chi connectivity index (χ3v) is 3.49. The van der Waals surface area contributed by atoms with Gasteiger partial charge in [-0.25, -0.2) is 4.79 Å². The van der Waals surface area contributed by atoms with Crippen molar-refractivity contribution in [2.24, 2.45) is 0 Å². The van der Waals surface area contributed by atoms with Crippen LogP contribution in [0.15, 0.2) is 39.4 Å². The molecule has 2 aromatic rings. The summed E-state index contributed by atoms with van der Waals surface area (Å²) >= 11 is 3.09. The lowest BCUT2D eigenvalue weighted by Gasteiger charge is -2.13. The molecular weight excluding hydrogens is 370 g/mol. The maximum absolute atomic E-state index is 12.1. The number of halogens is 1. The van der Waals surface area contributed by atoms with Crippen LogP contribution in [0.3, 0.4) is 0 Å². The van der Waals surface area contributed by atoms with E-state index in [1.807, 2.05) is 0 Å². The van der Waals surface area contributed by atoms with Crippen molar-refractivity contribution in [3.8, 4) is 11.5 Å². The van der Waals surface area contributed by atoms with Gasteiger partial charge >= 0.3 is 5.97 Å². The molecule has 1 N–H and O–H groups in total. The maximum atomic E-state index is 12.1. The van der Waals surface area contributed by atoms with E-state index in [9.17, 15) is 9.59 Å². The zero-order valence-electron chi connectivity index (χ0n) is 12.0. The molecule has 0 saturated heterocycles. The fraction of sp³-hybridized carbons (Fsp3) is 0.200. The Bertz CT molecular complexity index is 756. The van der Waals surface area contributed by atoms with Gasteiger partial charge in [-0.3, -0.25) is 4.79 Å². The van der Waals surface area contributed by atoms with Crippen LogP contribution in [0.5, 0.6) is 11.5 Å². The minimum absolute atomic E-state index is 0.0135. The summed E-state index contributed by atoms with van der Waals surface area (Å²) < 4.78 is 21.0. The molecule has 1 atom stereocenters. The first-order valence-electron chi connectivity index (χ1n) is 6.70. The summed E-state index contributed by atoms with van der Waals surface area (Å²) in [4.78, 5) is 23.9. The number of fused-ring (bicyclic) bond motifs is 1. The Kier molecular flexibility index (Phi) is 4.24. The summed E-state index contributed by atoms with van der Waals surface area (Å²) in [5, 5.41) is 2.64. The third-order valence-electron chi connectivity index (χ3n) is 3.07. The van der Waals surface area contributed by atoms with Gasteiger partial charge in [0.05, 0.1) is 0 Å². The molecule has 7 nitrogen and oxygen atoms in total. The van der Waals surface area contributed by atoms with Crippen LogP contribution in [0.4, 0.5) is 5.69 Å². The monoisotopic (exact) mass is 381 g/mol. The number of hydrogen-bond acceptors (Lipinski definition) is 6. The summed E-state index contributed by atoms with van der Waals surface area (Å²) in [6.45, 7) is 1.62. The maximum Gasteiger partial charge on any atom is 0.375 e. The van der Waals surface area contributed by atoms with Gasteiger partial charge in [0.1, 0.15) is 0 Å². The molecule has 0 fully saturated rings. The normalized spacial score (nSPS) is 13.5. The van der Waals surface area contributed by atoms with Crippen LogP contribution < -0.4 is 14.8 Å². The van der Waals surface area contributed by atoms with E-state index in [4.69, 9.17) is 18.6 Å². The molecule has 1 aliphatic heterocycles. The van der Waals surface area contributed by atoms with Gasteiger partial charge in [0.2, 0.25) is 12.6 Å². The van der Waals surface area contributed by atoms with Gasteiger partial charge in [-0.15, -0.1) is 0 Å². The van der Waals surface area contributed by atoms with Crippen LogP contribution in [-0.2, 0) is 9.53 Å². The van der Waals surface area contributed by atoms with Crippen molar-refractivity contribution in [2.45, 2.75) is 13.0 Å². The zero-order valence-corrected chi connectivity index (χ0v) is 13.6. The SMILES string of the molecule is C[C@H](OC(=O)c1ccc(Br)o1)C(=O)Nc1ccc2c(c1)OCO2. The fourth-order valence-corrected chi connectivity index (χ4v) is 2.22. The Morgan fingerprint density at radius 3 is 2.74 bits per heavy atom. The average molecular weight is 382 g/mol. The molecule has 2 heterocycles. The molecule has 0 bridgehead atoms. The Morgan fingerprint density at radius 2 is 2.00 bits per heavy atom. The van der Waals surface area contributed by atoms with Gasteiger partial charge in [0, 0.05) is 11.8 Å². The number of nitrogens with one attached hydrogen (secondary N) is 1. The molecular formula is C15H12BrNO6. The van der Waals surface area contributed by atoms with E-state index in [2.05, 4.69) is 21.2 Å². The van der Waals surface area contributed by atoms with Crippen molar-refractivity contribution in [3.63, 3.8) is 0 Å². The first-order valence-corrected chi connectivity index (χ1v) is 7.49. The Balaban J connectivity index is 1.60.